The normalized spacial score (nSPS) is 14.7. The van der Waals surface area contributed by atoms with Crippen molar-refractivity contribution in [3.63, 3.8) is 0 Å². The predicted molar refractivity (Wildman–Crippen MR) is 70.9 cm³/mol. The van der Waals surface area contributed by atoms with Gasteiger partial charge in [-0.1, -0.05) is 0 Å². The topological polar surface area (TPSA) is 66.5 Å². The molecule has 2 aromatic rings. The first-order chi connectivity index (χ1) is 8.85. The lowest BCUT2D eigenvalue weighted by Gasteiger charge is -2.07. The van der Waals surface area contributed by atoms with Crippen LogP contribution in [0.1, 0.15) is 31.5 Å². The van der Waals surface area contributed by atoms with E-state index in [0.29, 0.717) is 5.92 Å². The highest BCUT2D eigenvalue weighted by atomic mass is 32.2. The lowest BCUT2D eigenvalue weighted by molar-refractivity contribution is 0.874. The Bertz CT molecular complexity index is 521. The summed E-state index contributed by atoms with van der Waals surface area (Å²) < 4.78 is 0. The number of nitrogens with zero attached hydrogens (tertiary/aromatic N) is 3. The van der Waals surface area contributed by atoms with Crippen molar-refractivity contribution in [2.45, 2.75) is 35.9 Å². The van der Waals surface area contributed by atoms with Crippen LogP contribution in [-0.4, -0.2) is 26.5 Å². The Morgan fingerprint density at radius 1 is 1.44 bits per heavy atom. The zero-order valence-electron chi connectivity index (χ0n) is 10.2. The van der Waals surface area contributed by atoms with Crippen molar-refractivity contribution < 1.29 is 0 Å². The van der Waals surface area contributed by atoms with Crippen LogP contribution < -0.4 is 5.32 Å². The number of H-pyrrole nitrogens is 1. The van der Waals surface area contributed by atoms with E-state index in [2.05, 4.69) is 32.2 Å². The van der Waals surface area contributed by atoms with E-state index in [-0.39, 0.29) is 0 Å². The molecule has 0 radical (unpaired) electrons. The van der Waals surface area contributed by atoms with Gasteiger partial charge in [-0.15, -0.1) is 0 Å². The summed E-state index contributed by atoms with van der Waals surface area (Å²) in [7, 11) is 0. The lowest BCUT2D eigenvalue weighted by Crippen LogP contribution is -2.03. The van der Waals surface area contributed by atoms with E-state index in [1.807, 2.05) is 12.3 Å². The highest BCUT2D eigenvalue weighted by Gasteiger charge is 2.27. The molecule has 3 rings (SSSR count). The number of anilines is 1. The molecule has 0 saturated heterocycles. The second-order valence-corrected chi connectivity index (χ2v) is 5.26. The van der Waals surface area contributed by atoms with E-state index in [4.69, 9.17) is 0 Å². The fourth-order valence-electron chi connectivity index (χ4n) is 1.70. The zero-order chi connectivity index (χ0) is 12.4. The molecule has 0 bridgehead atoms. The van der Waals surface area contributed by atoms with Crippen LogP contribution >= 0.6 is 11.8 Å². The molecule has 2 heterocycles. The largest absolute Gasteiger partial charge is 0.370 e. The Hall–Kier alpha value is -1.56. The minimum Gasteiger partial charge on any atom is -0.370 e. The predicted octanol–water partition coefficient (Wildman–Crippen LogP) is 2.66. The van der Waals surface area contributed by atoms with Crippen molar-refractivity contribution in [3.8, 4) is 0 Å². The molecule has 5 nitrogen and oxygen atoms in total. The third kappa shape index (κ3) is 2.64. The first kappa shape index (κ1) is 11.5. The van der Waals surface area contributed by atoms with Gasteiger partial charge >= 0.3 is 0 Å². The number of rotatable bonds is 5. The monoisotopic (exact) mass is 261 g/mol. The van der Waals surface area contributed by atoms with E-state index in [9.17, 15) is 0 Å². The maximum atomic E-state index is 4.60. The SMILES string of the molecule is CCNc1cc(Sc2ncc[nH]2)nc(C2CC2)n1. The van der Waals surface area contributed by atoms with Crippen LogP contribution in [0.3, 0.4) is 0 Å². The van der Waals surface area contributed by atoms with E-state index in [1.165, 1.54) is 24.6 Å². The van der Waals surface area contributed by atoms with Crippen LogP contribution in [0.25, 0.3) is 0 Å². The minimum absolute atomic E-state index is 0.555. The summed E-state index contributed by atoms with van der Waals surface area (Å²) in [6, 6.07) is 1.97. The molecule has 1 aliphatic rings. The van der Waals surface area contributed by atoms with Crippen LogP contribution in [0.5, 0.6) is 0 Å². The van der Waals surface area contributed by atoms with Crippen molar-refractivity contribution in [2.75, 3.05) is 11.9 Å². The average Bonchev–Trinajstić information content (AvgIpc) is 3.09. The number of aromatic nitrogens is 4. The Balaban J connectivity index is 1.87. The number of nitrogens with one attached hydrogen (secondary N) is 2. The number of imidazole rings is 1. The third-order valence-corrected chi connectivity index (χ3v) is 3.53. The Labute approximate surface area is 110 Å². The smallest absolute Gasteiger partial charge is 0.171 e. The summed E-state index contributed by atoms with van der Waals surface area (Å²) in [5, 5.41) is 5.06. The summed E-state index contributed by atoms with van der Waals surface area (Å²) in [5.41, 5.74) is 0. The molecule has 1 aliphatic carbocycles. The molecule has 0 aromatic carbocycles. The standard InChI is InChI=1S/C12H15N5S/c1-2-13-9-7-10(18-12-14-5-6-15-12)17-11(16-9)8-3-4-8/h5-8H,2-4H2,1H3,(H,14,15)(H,13,16,17). The van der Waals surface area contributed by atoms with E-state index >= 15 is 0 Å². The second-order valence-electron chi connectivity index (χ2n) is 4.25. The molecule has 0 amide bonds. The van der Waals surface area contributed by atoms with Gasteiger partial charge in [0.05, 0.1) is 0 Å². The first-order valence-electron chi connectivity index (χ1n) is 6.15. The van der Waals surface area contributed by atoms with Gasteiger partial charge in [0, 0.05) is 30.9 Å². The maximum absolute atomic E-state index is 4.60. The van der Waals surface area contributed by atoms with Crippen LogP contribution in [0.2, 0.25) is 0 Å². The molecule has 0 atom stereocenters. The van der Waals surface area contributed by atoms with Gasteiger partial charge in [0.1, 0.15) is 16.7 Å². The molecule has 94 valence electrons. The second kappa shape index (κ2) is 4.97. The third-order valence-electron chi connectivity index (χ3n) is 2.69. The average molecular weight is 261 g/mol. The van der Waals surface area contributed by atoms with E-state index in [1.54, 1.807) is 6.20 Å². The van der Waals surface area contributed by atoms with Gasteiger partial charge in [-0.3, -0.25) is 0 Å². The van der Waals surface area contributed by atoms with E-state index < -0.39 is 0 Å². The van der Waals surface area contributed by atoms with Crippen molar-refractivity contribution in [1.29, 1.82) is 0 Å². The molecule has 2 aromatic heterocycles. The van der Waals surface area contributed by atoms with Gasteiger partial charge in [0.2, 0.25) is 0 Å². The lowest BCUT2D eigenvalue weighted by atomic mass is 10.4. The number of hydrogen-bond acceptors (Lipinski definition) is 5. The van der Waals surface area contributed by atoms with Crippen molar-refractivity contribution in [2.24, 2.45) is 0 Å². The molecule has 1 fully saturated rings. The van der Waals surface area contributed by atoms with Crippen molar-refractivity contribution in [1.82, 2.24) is 19.9 Å². The summed E-state index contributed by atoms with van der Waals surface area (Å²) >= 11 is 1.54. The van der Waals surface area contributed by atoms with Crippen LogP contribution in [-0.2, 0) is 0 Å². The van der Waals surface area contributed by atoms with Gasteiger partial charge in [0.25, 0.3) is 0 Å². The number of hydrogen-bond donors (Lipinski definition) is 2. The molecule has 0 spiro atoms. The highest BCUT2D eigenvalue weighted by molar-refractivity contribution is 7.99. The zero-order valence-corrected chi connectivity index (χ0v) is 11.0. The summed E-state index contributed by atoms with van der Waals surface area (Å²) in [6.07, 6.45) is 5.98. The molecular weight excluding hydrogens is 246 g/mol. The van der Waals surface area contributed by atoms with Crippen LogP contribution in [0.15, 0.2) is 28.6 Å². The molecule has 18 heavy (non-hydrogen) atoms. The molecule has 6 heteroatoms. The summed E-state index contributed by atoms with van der Waals surface area (Å²) in [6.45, 7) is 2.93. The maximum Gasteiger partial charge on any atom is 0.171 e. The van der Waals surface area contributed by atoms with Gasteiger partial charge < -0.3 is 10.3 Å². The number of aromatic amines is 1. The summed E-state index contributed by atoms with van der Waals surface area (Å²) in [5.74, 6) is 2.42. The quantitative estimate of drug-likeness (QED) is 0.810. The van der Waals surface area contributed by atoms with Crippen LogP contribution in [0, 0.1) is 0 Å². The molecular formula is C12H15N5S. The Morgan fingerprint density at radius 3 is 3.00 bits per heavy atom. The fraction of sp³-hybridized carbons (Fsp3) is 0.417. The van der Waals surface area contributed by atoms with Gasteiger partial charge in [0.15, 0.2) is 5.16 Å². The highest BCUT2D eigenvalue weighted by Crippen LogP contribution is 2.39. The van der Waals surface area contributed by atoms with Gasteiger partial charge in [-0.25, -0.2) is 15.0 Å². The molecule has 1 saturated carbocycles. The molecule has 0 unspecified atom stereocenters. The van der Waals surface area contributed by atoms with E-state index in [0.717, 1.165) is 28.4 Å². The Kier molecular flexibility index (Phi) is 3.19. The first-order valence-corrected chi connectivity index (χ1v) is 6.97. The molecule has 0 aliphatic heterocycles. The van der Waals surface area contributed by atoms with Crippen LogP contribution in [0.4, 0.5) is 5.82 Å². The minimum atomic E-state index is 0.555. The van der Waals surface area contributed by atoms with Gasteiger partial charge in [-0.05, 0) is 31.5 Å². The Morgan fingerprint density at radius 2 is 2.33 bits per heavy atom. The summed E-state index contributed by atoms with van der Waals surface area (Å²) in [4.78, 5) is 16.4. The van der Waals surface area contributed by atoms with Gasteiger partial charge in [-0.2, -0.15) is 0 Å². The molecule has 2 N–H and O–H groups in total. The fourth-order valence-corrected chi connectivity index (χ4v) is 2.44. The van der Waals surface area contributed by atoms with Crippen molar-refractivity contribution >= 4 is 17.6 Å². The van der Waals surface area contributed by atoms with Crippen molar-refractivity contribution in [3.05, 3.63) is 24.3 Å².